The van der Waals surface area contributed by atoms with Crippen molar-refractivity contribution in [3.8, 4) is 0 Å². The van der Waals surface area contributed by atoms with Gasteiger partial charge in [-0.1, -0.05) is 13.3 Å². The summed E-state index contributed by atoms with van der Waals surface area (Å²) in [6.07, 6.45) is 2.42. The molecule has 62 valence electrons. The van der Waals surface area contributed by atoms with Crippen molar-refractivity contribution in [2.75, 3.05) is 13.7 Å². The van der Waals surface area contributed by atoms with Crippen LogP contribution in [-0.4, -0.2) is 23.5 Å². The fourth-order valence-corrected chi connectivity index (χ4v) is 0.289. The van der Waals surface area contributed by atoms with E-state index >= 15 is 0 Å². The minimum absolute atomic E-state index is 0.913. The molecular weight excluding hydrogens is 155 g/mol. The Morgan fingerprint density at radius 1 is 1.50 bits per heavy atom. The molecule has 0 fully saturated rings. The topological polar surface area (TPSA) is 66.8 Å². The lowest BCUT2D eigenvalue weighted by molar-refractivity contribution is 0.194. The molecule has 0 saturated heterocycles. The maximum atomic E-state index is 8.70. The van der Waals surface area contributed by atoms with Crippen LogP contribution in [0.1, 0.15) is 19.8 Å². The predicted octanol–water partition coefficient (Wildman–Crippen LogP) is 1.06. The Kier molecular flexibility index (Phi) is 14.8. The number of hydrogen-bond donors (Lipinski definition) is 2. The van der Waals surface area contributed by atoms with Crippen LogP contribution in [0.4, 0.5) is 0 Å². The maximum Gasteiger partial charge on any atom is 0.692 e. The van der Waals surface area contributed by atoms with E-state index in [1.165, 1.54) is 12.8 Å². The largest absolute Gasteiger partial charge is 0.692 e. The van der Waals surface area contributed by atoms with Crippen LogP contribution in [0.3, 0.4) is 0 Å². The van der Waals surface area contributed by atoms with Gasteiger partial charge in [0.1, 0.15) is 0 Å². The van der Waals surface area contributed by atoms with Crippen LogP contribution < -0.4 is 0 Å². The quantitative estimate of drug-likeness (QED) is 0.489. The highest BCUT2D eigenvalue weighted by Crippen LogP contribution is 1.98. The average molecular weight is 169 g/mol. The van der Waals surface area contributed by atoms with Gasteiger partial charge < -0.3 is 4.74 Å². The molecule has 0 amide bonds. The lowest BCUT2D eigenvalue weighted by atomic mass is 10.4. The highest BCUT2D eigenvalue weighted by atomic mass is 31.1. The lowest BCUT2D eigenvalue weighted by Gasteiger charge is -1.89. The molecule has 0 aliphatic heterocycles. The Balaban J connectivity index is 0. The number of hydrogen-bond acceptors (Lipinski definition) is 2. The molecular formula is C5H14O4P+. The van der Waals surface area contributed by atoms with Gasteiger partial charge in [-0.25, -0.2) is 0 Å². The molecule has 0 atom stereocenters. The van der Waals surface area contributed by atoms with Crippen LogP contribution in [-0.2, 0) is 9.30 Å². The molecule has 0 aliphatic carbocycles. The SMILES string of the molecule is CCCCOC.O=[P+](O)O. The first-order valence-electron chi connectivity index (χ1n) is 2.99. The highest BCUT2D eigenvalue weighted by molar-refractivity contribution is 7.30. The zero-order chi connectivity index (χ0) is 8.41. The summed E-state index contributed by atoms with van der Waals surface area (Å²) in [5, 5.41) is 0. The zero-order valence-electron chi connectivity index (χ0n) is 6.28. The fourth-order valence-electron chi connectivity index (χ4n) is 0.289. The third-order valence-electron chi connectivity index (χ3n) is 0.702. The normalized spacial score (nSPS) is 8.00. The van der Waals surface area contributed by atoms with Crippen LogP contribution in [0.15, 0.2) is 0 Å². The first-order chi connectivity index (χ1) is 4.65. The molecule has 0 radical (unpaired) electrons. The highest BCUT2D eigenvalue weighted by Gasteiger charge is 1.93. The van der Waals surface area contributed by atoms with Gasteiger partial charge in [-0.05, 0) is 6.42 Å². The Hall–Kier alpha value is -0.0200. The summed E-state index contributed by atoms with van der Waals surface area (Å²) in [7, 11) is -1.14. The Morgan fingerprint density at radius 2 is 1.90 bits per heavy atom. The first-order valence-corrected chi connectivity index (χ1v) is 4.15. The van der Waals surface area contributed by atoms with E-state index in [-0.39, 0.29) is 0 Å². The van der Waals surface area contributed by atoms with Crippen molar-refractivity contribution in [1.82, 2.24) is 0 Å². The van der Waals surface area contributed by atoms with Gasteiger partial charge in [-0.3, -0.25) is 0 Å². The van der Waals surface area contributed by atoms with Gasteiger partial charge >= 0.3 is 8.25 Å². The summed E-state index contributed by atoms with van der Waals surface area (Å²) in [6, 6.07) is 0. The van der Waals surface area contributed by atoms with E-state index in [1.54, 1.807) is 7.11 Å². The van der Waals surface area contributed by atoms with Crippen molar-refractivity contribution in [3.63, 3.8) is 0 Å². The molecule has 0 unspecified atom stereocenters. The van der Waals surface area contributed by atoms with Gasteiger partial charge in [0.2, 0.25) is 0 Å². The van der Waals surface area contributed by atoms with E-state index in [2.05, 4.69) is 6.92 Å². The second-order valence-corrected chi connectivity index (χ2v) is 2.10. The molecule has 2 N–H and O–H groups in total. The molecule has 0 rings (SSSR count). The predicted molar refractivity (Wildman–Crippen MR) is 38.8 cm³/mol. The van der Waals surface area contributed by atoms with Crippen LogP contribution in [0.5, 0.6) is 0 Å². The van der Waals surface area contributed by atoms with Crippen molar-refractivity contribution < 1.29 is 19.1 Å². The van der Waals surface area contributed by atoms with Crippen molar-refractivity contribution in [3.05, 3.63) is 0 Å². The number of rotatable bonds is 3. The molecule has 0 aromatic rings. The van der Waals surface area contributed by atoms with Crippen LogP contribution in [0.2, 0.25) is 0 Å². The van der Waals surface area contributed by atoms with Crippen LogP contribution in [0, 0.1) is 0 Å². The molecule has 0 bridgehead atoms. The minimum Gasteiger partial charge on any atom is -0.385 e. The van der Waals surface area contributed by atoms with E-state index in [0.29, 0.717) is 0 Å². The molecule has 0 saturated carbocycles. The molecule has 10 heavy (non-hydrogen) atoms. The van der Waals surface area contributed by atoms with Gasteiger partial charge in [0.15, 0.2) is 0 Å². The monoisotopic (exact) mass is 169 g/mol. The summed E-state index contributed by atoms with van der Waals surface area (Å²) >= 11 is 0. The molecule has 0 aromatic carbocycles. The van der Waals surface area contributed by atoms with E-state index in [9.17, 15) is 0 Å². The molecule has 5 heteroatoms. The Labute approximate surface area is 61.8 Å². The minimum atomic E-state index is -2.87. The standard InChI is InChI=1S/C5H12O.HO3P/c1-3-4-5-6-2;1-4(2)3/h3-5H2,1-2H3;(H-,1,2,3)/p+1. The van der Waals surface area contributed by atoms with Crippen LogP contribution >= 0.6 is 8.25 Å². The third kappa shape index (κ3) is 43.8. The van der Waals surface area contributed by atoms with E-state index in [0.717, 1.165) is 6.61 Å². The molecule has 0 spiro atoms. The summed E-state index contributed by atoms with van der Waals surface area (Å²) in [5.74, 6) is 0. The fraction of sp³-hybridized carbons (Fsp3) is 1.00. The third-order valence-corrected chi connectivity index (χ3v) is 0.702. The van der Waals surface area contributed by atoms with Gasteiger partial charge in [-0.2, -0.15) is 0 Å². The number of methoxy groups -OCH3 is 1. The lowest BCUT2D eigenvalue weighted by Crippen LogP contribution is -1.84. The van der Waals surface area contributed by atoms with Gasteiger partial charge in [0.25, 0.3) is 0 Å². The summed E-state index contributed by atoms with van der Waals surface area (Å²) in [5.41, 5.74) is 0. The van der Waals surface area contributed by atoms with Crippen LogP contribution in [0.25, 0.3) is 0 Å². The first kappa shape index (κ1) is 12.6. The zero-order valence-corrected chi connectivity index (χ0v) is 7.17. The van der Waals surface area contributed by atoms with E-state index in [4.69, 9.17) is 19.1 Å². The number of unbranched alkanes of at least 4 members (excludes halogenated alkanes) is 1. The van der Waals surface area contributed by atoms with Crippen molar-refractivity contribution in [2.24, 2.45) is 0 Å². The van der Waals surface area contributed by atoms with Gasteiger partial charge in [0, 0.05) is 18.3 Å². The van der Waals surface area contributed by atoms with E-state index < -0.39 is 8.25 Å². The van der Waals surface area contributed by atoms with Crippen molar-refractivity contribution in [2.45, 2.75) is 19.8 Å². The molecule has 0 aliphatic rings. The van der Waals surface area contributed by atoms with Crippen molar-refractivity contribution in [1.29, 1.82) is 0 Å². The van der Waals surface area contributed by atoms with Gasteiger partial charge in [-0.15, -0.1) is 9.79 Å². The molecule has 4 nitrogen and oxygen atoms in total. The maximum absolute atomic E-state index is 8.70. The smallest absolute Gasteiger partial charge is 0.385 e. The number of ether oxygens (including phenoxy) is 1. The van der Waals surface area contributed by atoms with Gasteiger partial charge in [0.05, 0.1) is 0 Å². The summed E-state index contributed by atoms with van der Waals surface area (Å²) < 4.78 is 13.5. The van der Waals surface area contributed by atoms with Crippen molar-refractivity contribution >= 4 is 8.25 Å². The second kappa shape index (κ2) is 11.7. The summed E-state index contributed by atoms with van der Waals surface area (Å²) in [4.78, 5) is 14.2. The van der Waals surface area contributed by atoms with E-state index in [1.807, 2.05) is 0 Å². The molecule has 0 aromatic heterocycles. The second-order valence-electron chi connectivity index (χ2n) is 1.60. The Morgan fingerprint density at radius 3 is 2.00 bits per heavy atom. The summed E-state index contributed by atoms with van der Waals surface area (Å²) in [6.45, 7) is 3.07. The Bertz CT molecular complexity index is 68.0. The molecule has 0 heterocycles. The average Bonchev–Trinajstić information content (AvgIpc) is 1.82.